The van der Waals surface area contributed by atoms with Crippen molar-refractivity contribution in [3.63, 3.8) is 0 Å². The number of hydrogen-bond acceptors (Lipinski definition) is 6. The van der Waals surface area contributed by atoms with Crippen LogP contribution in [0, 0.1) is 35.3 Å². The number of amides is 1. The highest BCUT2D eigenvalue weighted by Crippen LogP contribution is 2.38. The Balaban J connectivity index is 1.95. The van der Waals surface area contributed by atoms with Crippen molar-refractivity contribution in [2.45, 2.75) is 13.8 Å². The Bertz CT molecular complexity index is 1000. The second-order valence-corrected chi connectivity index (χ2v) is 6.02. The minimum absolute atomic E-state index is 0.0437. The third-order valence-electron chi connectivity index (χ3n) is 3.86. The first-order chi connectivity index (χ1) is 12.9. The lowest BCUT2D eigenvalue weighted by Crippen LogP contribution is -2.13. The first kappa shape index (κ1) is 17.9. The van der Waals surface area contributed by atoms with Gasteiger partial charge in [0.25, 0.3) is 11.6 Å². The van der Waals surface area contributed by atoms with Gasteiger partial charge in [0.05, 0.1) is 16.6 Å². The predicted octanol–water partition coefficient (Wildman–Crippen LogP) is 3.49. The molecule has 0 atom stereocenters. The van der Waals surface area contributed by atoms with Crippen LogP contribution in [-0.4, -0.2) is 17.6 Å². The summed E-state index contributed by atoms with van der Waals surface area (Å²) in [6.07, 6.45) is 1.16. The van der Waals surface area contributed by atoms with E-state index >= 15 is 0 Å². The van der Waals surface area contributed by atoms with Gasteiger partial charge in [-0.05, 0) is 49.2 Å². The van der Waals surface area contributed by atoms with Gasteiger partial charge in [0.1, 0.15) is 11.6 Å². The number of hydrogen-bond donors (Lipinski definition) is 1. The molecular weight excluding hydrogens is 350 g/mol. The van der Waals surface area contributed by atoms with Gasteiger partial charge in [-0.3, -0.25) is 14.9 Å². The van der Waals surface area contributed by atoms with Gasteiger partial charge in [0.15, 0.2) is 11.5 Å². The van der Waals surface area contributed by atoms with E-state index in [1.165, 1.54) is 12.1 Å². The normalized spacial score (nSPS) is 12.4. The van der Waals surface area contributed by atoms with Crippen LogP contribution in [0.5, 0.6) is 11.5 Å². The van der Waals surface area contributed by atoms with Crippen molar-refractivity contribution in [1.82, 2.24) is 0 Å². The third-order valence-corrected chi connectivity index (χ3v) is 3.86. The highest BCUT2D eigenvalue weighted by atomic mass is 16.7. The lowest BCUT2D eigenvalue weighted by molar-refractivity contribution is -0.385. The number of nitro groups is 1. The largest absolute Gasteiger partial charge is 0.454 e. The van der Waals surface area contributed by atoms with Gasteiger partial charge in [-0.25, -0.2) is 0 Å². The molecule has 8 nitrogen and oxygen atoms in total. The number of anilines is 1. The van der Waals surface area contributed by atoms with Crippen molar-refractivity contribution in [2.24, 2.45) is 0 Å². The molecule has 0 saturated carbocycles. The molecule has 3 rings (SSSR count). The molecule has 1 aliphatic rings. The Morgan fingerprint density at radius 1 is 1.19 bits per heavy atom. The number of nitrogens with one attached hydrogen (secondary N) is 1. The molecule has 0 aromatic heterocycles. The first-order valence-electron chi connectivity index (χ1n) is 7.97. The number of nitrogens with zero attached hydrogens (tertiary/aromatic N) is 2. The molecule has 27 heavy (non-hydrogen) atoms. The molecule has 0 aliphatic carbocycles. The van der Waals surface area contributed by atoms with Crippen molar-refractivity contribution >= 4 is 23.4 Å². The number of nitro benzene ring substituents is 1. The lowest BCUT2D eigenvalue weighted by Gasteiger charge is -2.07. The monoisotopic (exact) mass is 365 g/mol. The molecule has 136 valence electrons. The van der Waals surface area contributed by atoms with Crippen LogP contribution in [0.1, 0.15) is 16.7 Å². The van der Waals surface area contributed by atoms with E-state index in [1.807, 2.05) is 19.9 Å². The van der Waals surface area contributed by atoms with Crippen LogP contribution in [0.2, 0.25) is 0 Å². The van der Waals surface area contributed by atoms with E-state index in [0.29, 0.717) is 11.4 Å². The summed E-state index contributed by atoms with van der Waals surface area (Å²) in [5.41, 5.74) is 1.98. The van der Waals surface area contributed by atoms with Gasteiger partial charge >= 0.3 is 0 Å². The minimum Gasteiger partial charge on any atom is -0.454 e. The Morgan fingerprint density at radius 2 is 1.81 bits per heavy atom. The van der Waals surface area contributed by atoms with Gasteiger partial charge in [0.2, 0.25) is 6.79 Å². The molecule has 1 amide bonds. The van der Waals surface area contributed by atoms with E-state index in [9.17, 15) is 20.2 Å². The maximum atomic E-state index is 12.5. The van der Waals surface area contributed by atoms with Crippen LogP contribution < -0.4 is 14.8 Å². The van der Waals surface area contributed by atoms with E-state index in [1.54, 1.807) is 18.2 Å². The molecule has 0 fully saturated rings. The van der Waals surface area contributed by atoms with Crippen LogP contribution >= 0.6 is 0 Å². The Hall–Kier alpha value is -3.86. The van der Waals surface area contributed by atoms with Crippen molar-refractivity contribution in [3.8, 4) is 17.6 Å². The first-order valence-corrected chi connectivity index (χ1v) is 7.97. The molecule has 0 spiro atoms. The molecule has 1 aliphatic heterocycles. The van der Waals surface area contributed by atoms with E-state index in [4.69, 9.17) is 9.47 Å². The van der Waals surface area contributed by atoms with Gasteiger partial charge in [0, 0.05) is 5.69 Å². The maximum absolute atomic E-state index is 12.5. The number of nitriles is 1. The average molecular weight is 365 g/mol. The van der Waals surface area contributed by atoms with Crippen molar-refractivity contribution in [3.05, 3.63) is 62.7 Å². The van der Waals surface area contributed by atoms with Crippen LogP contribution in [0.15, 0.2) is 35.9 Å². The van der Waals surface area contributed by atoms with E-state index in [0.717, 1.165) is 17.2 Å². The van der Waals surface area contributed by atoms with Gasteiger partial charge in [-0.15, -0.1) is 0 Å². The summed E-state index contributed by atoms with van der Waals surface area (Å²) in [5.74, 6) is -0.0923. The van der Waals surface area contributed by atoms with E-state index in [2.05, 4.69) is 5.32 Å². The Morgan fingerprint density at radius 3 is 2.41 bits per heavy atom. The predicted molar refractivity (Wildman–Crippen MR) is 97.4 cm³/mol. The maximum Gasteiger partial charge on any atom is 0.280 e. The topological polar surface area (TPSA) is 114 Å². The fourth-order valence-corrected chi connectivity index (χ4v) is 2.77. The van der Waals surface area contributed by atoms with Gasteiger partial charge in [-0.1, -0.05) is 6.07 Å². The summed E-state index contributed by atoms with van der Waals surface area (Å²) in [6.45, 7) is 3.73. The highest BCUT2D eigenvalue weighted by molar-refractivity contribution is 6.10. The molecule has 1 heterocycles. The summed E-state index contributed by atoms with van der Waals surface area (Å²) < 4.78 is 10.3. The zero-order valence-electron chi connectivity index (χ0n) is 14.6. The molecule has 0 bridgehead atoms. The fourth-order valence-electron chi connectivity index (χ4n) is 2.77. The van der Waals surface area contributed by atoms with E-state index in [-0.39, 0.29) is 29.4 Å². The van der Waals surface area contributed by atoms with Crippen LogP contribution in [0.25, 0.3) is 6.08 Å². The Kier molecular flexibility index (Phi) is 4.77. The summed E-state index contributed by atoms with van der Waals surface area (Å²) in [7, 11) is 0. The lowest BCUT2D eigenvalue weighted by atomic mass is 10.1. The molecule has 1 N–H and O–H groups in total. The Labute approximate surface area is 154 Å². The van der Waals surface area contributed by atoms with Gasteiger partial charge in [-0.2, -0.15) is 5.26 Å². The minimum atomic E-state index is -0.658. The molecule has 0 radical (unpaired) electrons. The zero-order chi connectivity index (χ0) is 19.6. The average Bonchev–Trinajstić information content (AvgIpc) is 3.04. The summed E-state index contributed by atoms with van der Waals surface area (Å²) in [4.78, 5) is 23.2. The fraction of sp³-hybridized carbons (Fsp3) is 0.158. The summed E-state index contributed by atoms with van der Waals surface area (Å²) >= 11 is 0. The van der Waals surface area contributed by atoms with Crippen molar-refractivity contribution in [2.75, 3.05) is 12.1 Å². The van der Waals surface area contributed by atoms with Crippen LogP contribution in [0.3, 0.4) is 0 Å². The van der Waals surface area contributed by atoms with Crippen molar-refractivity contribution < 1.29 is 19.2 Å². The number of carbonyl (C=O) groups excluding carboxylic acids is 1. The van der Waals surface area contributed by atoms with Crippen LogP contribution in [-0.2, 0) is 4.79 Å². The number of rotatable bonds is 4. The molecule has 8 heteroatoms. The number of benzene rings is 2. The number of fused-ring (bicyclic) bond motifs is 1. The summed E-state index contributed by atoms with van der Waals surface area (Å²) in [6, 6.07) is 9.86. The number of aryl methyl sites for hydroxylation is 2. The zero-order valence-corrected chi connectivity index (χ0v) is 14.6. The van der Waals surface area contributed by atoms with Crippen molar-refractivity contribution in [1.29, 1.82) is 5.26 Å². The third kappa shape index (κ3) is 3.88. The number of ether oxygens (including phenoxy) is 2. The second-order valence-electron chi connectivity index (χ2n) is 6.02. The highest BCUT2D eigenvalue weighted by Gasteiger charge is 2.23. The molecule has 0 saturated heterocycles. The number of carbonyl (C=O) groups is 1. The standard InChI is InChI=1S/C19H15N3O5/c1-11-3-12(2)5-15(4-11)21-19(23)14(9-20)6-13-7-17-18(27-10-26-17)8-16(13)22(24)25/h3-8H,10H2,1-2H3,(H,21,23). The summed E-state index contributed by atoms with van der Waals surface area (Å²) in [5, 5.41) is 23.3. The SMILES string of the molecule is Cc1cc(C)cc(NC(=O)C(C#N)=Cc2cc3c(cc2[N+](=O)[O-])OCO3)c1. The van der Waals surface area contributed by atoms with E-state index < -0.39 is 10.8 Å². The molecule has 2 aromatic carbocycles. The second kappa shape index (κ2) is 7.17. The molecule has 2 aromatic rings. The van der Waals surface area contributed by atoms with Gasteiger partial charge < -0.3 is 14.8 Å². The smallest absolute Gasteiger partial charge is 0.280 e. The molecular formula is C19H15N3O5. The quantitative estimate of drug-likeness (QED) is 0.384. The molecule has 0 unspecified atom stereocenters. The van der Waals surface area contributed by atoms with Crippen LogP contribution in [0.4, 0.5) is 11.4 Å².